The maximum Gasteiger partial charge on any atom is 0.305 e. The lowest BCUT2D eigenvalue weighted by Crippen LogP contribution is -2.23. The zero-order valence-electron chi connectivity index (χ0n) is 7.33. The molecule has 0 aliphatic heterocycles. The van der Waals surface area contributed by atoms with Gasteiger partial charge in [-0.1, -0.05) is 13.8 Å². The predicted octanol–water partition coefficient (Wildman–Crippen LogP) is 1.52. The Kier molecular flexibility index (Phi) is 4.86. The minimum absolute atomic E-state index is 0.103. The smallest absolute Gasteiger partial charge is 0.305 e. The highest BCUT2D eigenvalue weighted by atomic mass is 16.5. The van der Waals surface area contributed by atoms with Crippen molar-refractivity contribution in [1.29, 1.82) is 0 Å². The van der Waals surface area contributed by atoms with Crippen LogP contribution in [0, 0.1) is 5.92 Å². The molecule has 1 atom stereocenters. The summed E-state index contributed by atoms with van der Waals surface area (Å²) in [6, 6.07) is 0. The molecule has 3 heteroatoms. The Bertz CT molecular complexity index is 121. The standard InChI is InChI=1S/C8H16O3/c1-4-11-7(6(2)3)5-8(9)10/h6-7H,4-5H2,1-3H3,(H,9,10)/t7-/m1/s1. The second-order valence-electron chi connectivity index (χ2n) is 2.84. The Morgan fingerprint density at radius 2 is 2.09 bits per heavy atom. The summed E-state index contributed by atoms with van der Waals surface area (Å²) in [6.45, 7) is 6.37. The third-order valence-corrected chi connectivity index (χ3v) is 1.50. The van der Waals surface area contributed by atoms with E-state index in [4.69, 9.17) is 9.84 Å². The van der Waals surface area contributed by atoms with Gasteiger partial charge in [-0.2, -0.15) is 0 Å². The van der Waals surface area contributed by atoms with Gasteiger partial charge in [0.1, 0.15) is 0 Å². The van der Waals surface area contributed by atoms with Crippen molar-refractivity contribution in [2.24, 2.45) is 5.92 Å². The average molecular weight is 160 g/mol. The SMILES string of the molecule is CCO[C@H](CC(=O)O)C(C)C. The lowest BCUT2D eigenvalue weighted by molar-refractivity contribution is -0.141. The maximum atomic E-state index is 10.3. The number of hydrogen-bond donors (Lipinski definition) is 1. The van der Waals surface area contributed by atoms with E-state index in [1.807, 2.05) is 20.8 Å². The van der Waals surface area contributed by atoms with E-state index < -0.39 is 5.97 Å². The second-order valence-corrected chi connectivity index (χ2v) is 2.84. The van der Waals surface area contributed by atoms with Crippen molar-refractivity contribution in [2.75, 3.05) is 6.61 Å². The Morgan fingerprint density at radius 3 is 2.36 bits per heavy atom. The van der Waals surface area contributed by atoms with Crippen molar-refractivity contribution in [2.45, 2.75) is 33.3 Å². The van der Waals surface area contributed by atoms with E-state index in [1.165, 1.54) is 0 Å². The van der Waals surface area contributed by atoms with Gasteiger partial charge in [0.25, 0.3) is 0 Å². The number of aliphatic carboxylic acids is 1. The fourth-order valence-electron chi connectivity index (χ4n) is 0.873. The summed E-state index contributed by atoms with van der Waals surface area (Å²) in [4.78, 5) is 10.3. The van der Waals surface area contributed by atoms with Crippen LogP contribution in [0.15, 0.2) is 0 Å². The largest absolute Gasteiger partial charge is 0.481 e. The molecular formula is C8H16O3. The molecular weight excluding hydrogens is 144 g/mol. The summed E-state index contributed by atoms with van der Waals surface area (Å²) in [6.07, 6.45) is -0.0385. The maximum absolute atomic E-state index is 10.3. The highest BCUT2D eigenvalue weighted by molar-refractivity contribution is 5.67. The van der Waals surface area contributed by atoms with E-state index in [9.17, 15) is 4.79 Å². The van der Waals surface area contributed by atoms with Crippen molar-refractivity contribution in [1.82, 2.24) is 0 Å². The number of ether oxygens (including phenoxy) is 1. The van der Waals surface area contributed by atoms with Crippen LogP contribution in [0.25, 0.3) is 0 Å². The third kappa shape index (κ3) is 4.79. The quantitative estimate of drug-likeness (QED) is 0.663. The van der Waals surface area contributed by atoms with Crippen LogP contribution in [0.2, 0.25) is 0 Å². The van der Waals surface area contributed by atoms with E-state index in [0.29, 0.717) is 6.61 Å². The van der Waals surface area contributed by atoms with Crippen molar-refractivity contribution in [3.63, 3.8) is 0 Å². The first kappa shape index (κ1) is 10.4. The highest BCUT2D eigenvalue weighted by Crippen LogP contribution is 2.10. The zero-order chi connectivity index (χ0) is 8.85. The van der Waals surface area contributed by atoms with Crippen LogP contribution in [0.4, 0.5) is 0 Å². The monoisotopic (exact) mass is 160 g/mol. The molecule has 0 rings (SSSR count). The van der Waals surface area contributed by atoms with Crippen LogP contribution in [0.1, 0.15) is 27.2 Å². The molecule has 0 aliphatic carbocycles. The zero-order valence-corrected chi connectivity index (χ0v) is 7.33. The molecule has 0 aromatic carbocycles. The van der Waals surface area contributed by atoms with Crippen LogP contribution < -0.4 is 0 Å². The molecule has 0 aliphatic rings. The normalized spacial score (nSPS) is 13.5. The van der Waals surface area contributed by atoms with Gasteiger partial charge in [0, 0.05) is 6.61 Å². The number of rotatable bonds is 5. The number of carboxylic acids is 1. The molecule has 0 spiro atoms. The van der Waals surface area contributed by atoms with E-state index in [1.54, 1.807) is 0 Å². The Labute approximate surface area is 67.4 Å². The van der Waals surface area contributed by atoms with E-state index >= 15 is 0 Å². The fourth-order valence-corrected chi connectivity index (χ4v) is 0.873. The number of carboxylic acid groups (broad SMARTS) is 1. The molecule has 0 radical (unpaired) electrons. The summed E-state index contributed by atoms with van der Waals surface area (Å²) >= 11 is 0. The molecule has 3 nitrogen and oxygen atoms in total. The molecule has 0 bridgehead atoms. The number of carbonyl (C=O) groups is 1. The Hall–Kier alpha value is -0.570. The van der Waals surface area contributed by atoms with Gasteiger partial charge >= 0.3 is 5.97 Å². The van der Waals surface area contributed by atoms with Gasteiger partial charge in [0.2, 0.25) is 0 Å². The van der Waals surface area contributed by atoms with Crippen LogP contribution in [0.3, 0.4) is 0 Å². The molecule has 0 unspecified atom stereocenters. The molecule has 1 N–H and O–H groups in total. The Balaban J connectivity index is 3.79. The highest BCUT2D eigenvalue weighted by Gasteiger charge is 2.16. The molecule has 0 saturated carbocycles. The lowest BCUT2D eigenvalue weighted by Gasteiger charge is -2.18. The summed E-state index contributed by atoms with van der Waals surface area (Å²) in [5.74, 6) is -0.525. The van der Waals surface area contributed by atoms with Crippen molar-refractivity contribution < 1.29 is 14.6 Å². The van der Waals surface area contributed by atoms with Gasteiger partial charge in [0.15, 0.2) is 0 Å². The molecule has 0 aromatic rings. The summed E-state index contributed by atoms with van der Waals surface area (Å²) in [5, 5.41) is 8.48. The van der Waals surface area contributed by atoms with Gasteiger partial charge in [-0.05, 0) is 12.8 Å². The molecule has 66 valence electrons. The molecule has 0 heterocycles. The molecule has 0 amide bonds. The van der Waals surface area contributed by atoms with Crippen LogP contribution >= 0.6 is 0 Å². The summed E-state index contributed by atoms with van der Waals surface area (Å²) in [5.41, 5.74) is 0. The molecule has 11 heavy (non-hydrogen) atoms. The van der Waals surface area contributed by atoms with Crippen molar-refractivity contribution >= 4 is 5.97 Å². The van der Waals surface area contributed by atoms with Gasteiger partial charge in [0.05, 0.1) is 12.5 Å². The fraction of sp³-hybridized carbons (Fsp3) is 0.875. The number of hydrogen-bond acceptors (Lipinski definition) is 2. The minimum Gasteiger partial charge on any atom is -0.481 e. The molecule has 0 fully saturated rings. The third-order valence-electron chi connectivity index (χ3n) is 1.50. The van der Waals surface area contributed by atoms with Gasteiger partial charge in [-0.25, -0.2) is 0 Å². The Morgan fingerprint density at radius 1 is 1.55 bits per heavy atom. The first-order chi connectivity index (χ1) is 5.07. The summed E-state index contributed by atoms with van der Waals surface area (Å²) in [7, 11) is 0. The van der Waals surface area contributed by atoms with Gasteiger partial charge < -0.3 is 9.84 Å². The van der Waals surface area contributed by atoms with Crippen LogP contribution in [-0.4, -0.2) is 23.8 Å². The first-order valence-electron chi connectivity index (χ1n) is 3.91. The average Bonchev–Trinajstić information content (AvgIpc) is 1.86. The van der Waals surface area contributed by atoms with Crippen LogP contribution in [-0.2, 0) is 9.53 Å². The van der Waals surface area contributed by atoms with E-state index in [-0.39, 0.29) is 18.4 Å². The summed E-state index contributed by atoms with van der Waals surface area (Å²) < 4.78 is 5.23. The minimum atomic E-state index is -0.794. The predicted molar refractivity (Wildman–Crippen MR) is 42.5 cm³/mol. The second kappa shape index (κ2) is 5.13. The van der Waals surface area contributed by atoms with E-state index in [2.05, 4.69) is 0 Å². The first-order valence-corrected chi connectivity index (χ1v) is 3.91. The lowest BCUT2D eigenvalue weighted by atomic mass is 10.0. The molecule has 0 aromatic heterocycles. The van der Waals surface area contributed by atoms with Crippen LogP contribution in [0.5, 0.6) is 0 Å². The molecule has 0 saturated heterocycles. The van der Waals surface area contributed by atoms with E-state index in [0.717, 1.165) is 0 Å². The topological polar surface area (TPSA) is 46.5 Å². The van der Waals surface area contributed by atoms with Gasteiger partial charge in [-0.3, -0.25) is 4.79 Å². The van der Waals surface area contributed by atoms with Crippen molar-refractivity contribution in [3.05, 3.63) is 0 Å². The van der Waals surface area contributed by atoms with Crippen molar-refractivity contribution in [3.8, 4) is 0 Å². The van der Waals surface area contributed by atoms with Gasteiger partial charge in [-0.15, -0.1) is 0 Å².